The van der Waals surface area contributed by atoms with Gasteiger partial charge in [0.2, 0.25) is 0 Å². The van der Waals surface area contributed by atoms with Crippen LogP contribution in [0.15, 0.2) is 59.2 Å². The van der Waals surface area contributed by atoms with Crippen LogP contribution < -0.4 is 14.2 Å². The van der Waals surface area contributed by atoms with Gasteiger partial charge in [-0.05, 0) is 42.8 Å². The number of hydrogen-bond donors (Lipinski definition) is 0. The van der Waals surface area contributed by atoms with Crippen molar-refractivity contribution in [2.45, 2.75) is 6.92 Å². The monoisotopic (exact) mass is 380 g/mol. The molecule has 2 amide bonds. The van der Waals surface area contributed by atoms with Crippen LogP contribution >= 0.6 is 0 Å². The average Bonchev–Trinajstić information content (AvgIpc) is 3.01. The minimum Gasteiger partial charge on any atom is -0.493 e. The summed E-state index contributed by atoms with van der Waals surface area (Å²) in [5, 5.41) is 4.92. The van der Waals surface area contributed by atoms with Gasteiger partial charge in [0, 0.05) is 0 Å². The Hall–Kier alpha value is -3.61. The highest BCUT2D eigenvalue weighted by molar-refractivity contribution is 6.29. The van der Waals surface area contributed by atoms with Crippen molar-refractivity contribution in [3.05, 3.63) is 59.7 Å². The Morgan fingerprint density at radius 1 is 1.07 bits per heavy atom. The van der Waals surface area contributed by atoms with E-state index in [0.29, 0.717) is 28.5 Å². The van der Waals surface area contributed by atoms with E-state index in [9.17, 15) is 9.59 Å². The minimum absolute atomic E-state index is 0.282. The lowest BCUT2D eigenvalue weighted by molar-refractivity contribution is -0.142. The second kappa shape index (κ2) is 8.39. The van der Waals surface area contributed by atoms with Crippen LogP contribution in [0.2, 0.25) is 0 Å². The molecule has 0 radical (unpaired) electrons. The van der Waals surface area contributed by atoms with Crippen LogP contribution in [0.3, 0.4) is 0 Å². The lowest BCUT2D eigenvalue weighted by atomic mass is 10.1. The summed E-state index contributed by atoms with van der Waals surface area (Å²) in [7, 11) is 3.09. The van der Waals surface area contributed by atoms with Gasteiger partial charge in [-0.3, -0.25) is 9.59 Å². The van der Waals surface area contributed by atoms with Gasteiger partial charge in [-0.1, -0.05) is 24.3 Å². The third kappa shape index (κ3) is 4.03. The Labute approximate surface area is 162 Å². The second-order valence-electron chi connectivity index (χ2n) is 5.97. The topological polar surface area (TPSA) is 77.4 Å². The maximum Gasteiger partial charge on any atom is 0.288 e. The molecule has 144 valence electrons. The molecule has 0 spiro atoms. The van der Waals surface area contributed by atoms with Gasteiger partial charge in [0.1, 0.15) is 5.75 Å². The molecule has 7 heteroatoms. The molecule has 0 bridgehead atoms. The molecule has 7 nitrogen and oxygen atoms in total. The third-order valence-corrected chi connectivity index (χ3v) is 4.12. The molecule has 0 fully saturated rings. The van der Waals surface area contributed by atoms with E-state index < -0.39 is 11.8 Å². The van der Waals surface area contributed by atoms with Crippen molar-refractivity contribution in [3.63, 3.8) is 0 Å². The number of ether oxygens (including phenoxy) is 3. The number of imide groups is 1. The maximum absolute atomic E-state index is 12.7. The van der Waals surface area contributed by atoms with Crippen molar-refractivity contribution in [1.29, 1.82) is 0 Å². The summed E-state index contributed by atoms with van der Waals surface area (Å²) >= 11 is 0. The van der Waals surface area contributed by atoms with Gasteiger partial charge in [0.15, 0.2) is 18.1 Å². The number of hydrazone groups is 1. The van der Waals surface area contributed by atoms with Gasteiger partial charge in [0.25, 0.3) is 11.8 Å². The van der Waals surface area contributed by atoms with Gasteiger partial charge in [-0.2, -0.15) is 10.1 Å². The van der Waals surface area contributed by atoms with E-state index in [0.717, 1.165) is 10.6 Å². The first kappa shape index (κ1) is 19.2. The Morgan fingerprint density at radius 2 is 1.79 bits per heavy atom. The van der Waals surface area contributed by atoms with Crippen molar-refractivity contribution in [3.8, 4) is 17.2 Å². The average molecular weight is 380 g/mol. The van der Waals surface area contributed by atoms with Crippen molar-refractivity contribution in [1.82, 2.24) is 5.01 Å². The Balaban J connectivity index is 1.75. The highest BCUT2D eigenvalue weighted by Crippen LogP contribution is 2.29. The molecule has 1 aliphatic heterocycles. The molecule has 3 rings (SSSR count). The van der Waals surface area contributed by atoms with Crippen LogP contribution in [-0.4, -0.2) is 43.4 Å². The summed E-state index contributed by atoms with van der Waals surface area (Å²) < 4.78 is 15.9. The third-order valence-electron chi connectivity index (χ3n) is 4.12. The largest absolute Gasteiger partial charge is 0.493 e. The van der Waals surface area contributed by atoms with E-state index >= 15 is 0 Å². The van der Waals surface area contributed by atoms with Crippen LogP contribution in [0.1, 0.15) is 12.5 Å². The number of carbonyl (C=O) groups is 2. The fraction of sp³-hybridized carbons (Fsp3) is 0.190. The molecule has 0 saturated carbocycles. The van der Waals surface area contributed by atoms with Crippen LogP contribution in [0, 0.1) is 0 Å². The first-order valence-electron chi connectivity index (χ1n) is 8.58. The number of nitrogens with zero attached hydrogens (tertiary/aromatic N) is 2. The zero-order chi connectivity index (χ0) is 20.1. The van der Waals surface area contributed by atoms with Gasteiger partial charge in [0.05, 0.1) is 25.5 Å². The lowest BCUT2D eigenvalue weighted by Crippen LogP contribution is -2.33. The molecule has 0 N–H and O–H groups in total. The van der Waals surface area contributed by atoms with E-state index in [-0.39, 0.29) is 6.61 Å². The van der Waals surface area contributed by atoms with Gasteiger partial charge < -0.3 is 14.2 Å². The molecule has 28 heavy (non-hydrogen) atoms. The van der Waals surface area contributed by atoms with Crippen molar-refractivity contribution < 1.29 is 23.8 Å². The Bertz CT molecular complexity index is 951. The minimum atomic E-state index is -0.538. The molecule has 2 aromatic carbocycles. The molecule has 0 aliphatic carbocycles. The molecule has 0 unspecified atom stereocenters. The standard InChI is InChI=1S/C21H20N2O5/c1-14-17(11-15-9-10-18(26-2)19(12-15)27-3)21(25)23(22-14)20(24)13-28-16-7-5-4-6-8-16/h4-12H,13H2,1-3H3/b17-11-. The summed E-state index contributed by atoms with van der Waals surface area (Å²) in [5.41, 5.74) is 1.51. The van der Waals surface area contributed by atoms with Crippen molar-refractivity contribution >= 4 is 23.6 Å². The first-order chi connectivity index (χ1) is 13.5. The van der Waals surface area contributed by atoms with Crippen LogP contribution in [0.5, 0.6) is 17.2 Å². The van der Waals surface area contributed by atoms with Gasteiger partial charge >= 0.3 is 0 Å². The van der Waals surface area contributed by atoms with E-state index in [2.05, 4.69) is 5.10 Å². The second-order valence-corrected chi connectivity index (χ2v) is 5.97. The molecule has 2 aromatic rings. The lowest BCUT2D eigenvalue weighted by Gasteiger charge is -2.11. The van der Waals surface area contributed by atoms with Crippen LogP contribution in [0.25, 0.3) is 6.08 Å². The van der Waals surface area contributed by atoms with Crippen LogP contribution in [0.4, 0.5) is 0 Å². The first-order valence-corrected chi connectivity index (χ1v) is 8.58. The van der Waals surface area contributed by atoms with E-state index in [1.54, 1.807) is 62.6 Å². The number of hydrogen-bond acceptors (Lipinski definition) is 6. The smallest absolute Gasteiger partial charge is 0.288 e. The summed E-state index contributed by atoms with van der Waals surface area (Å²) in [4.78, 5) is 25.0. The highest BCUT2D eigenvalue weighted by atomic mass is 16.5. The number of rotatable bonds is 6. The number of methoxy groups -OCH3 is 2. The Kier molecular flexibility index (Phi) is 5.74. The number of carbonyl (C=O) groups excluding carboxylic acids is 2. The maximum atomic E-state index is 12.7. The SMILES string of the molecule is COc1ccc(/C=C2\C(=O)N(C(=O)COc3ccccc3)N=C2C)cc1OC. The molecule has 0 saturated heterocycles. The van der Waals surface area contributed by atoms with E-state index in [1.807, 2.05) is 6.07 Å². The Morgan fingerprint density at radius 3 is 2.46 bits per heavy atom. The predicted octanol–water partition coefficient (Wildman–Crippen LogP) is 2.91. The predicted molar refractivity (Wildman–Crippen MR) is 104 cm³/mol. The number of para-hydroxylation sites is 1. The zero-order valence-corrected chi connectivity index (χ0v) is 15.8. The molecule has 0 aromatic heterocycles. The van der Waals surface area contributed by atoms with Crippen LogP contribution in [-0.2, 0) is 9.59 Å². The summed E-state index contributed by atoms with van der Waals surface area (Å²) in [5.74, 6) is 0.644. The molecule has 1 aliphatic rings. The molecule has 0 atom stereocenters. The zero-order valence-electron chi connectivity index (χ0n) is 15.8. The molecule has 1 heterocycles. The normalized spacial score (nSPS) is 14.8. The van der Waals surface area contributed by atoms with E-state index in [4.69, 9.17) is 14.2 Å². The summed E-state index contributed by atoms with van der Waals surface area (Å²) in [6.45, 7) is 1.39. The molecular formula is C21H20N2O5. The van der Waals surface area contributed by atoms with Crippen molar-refractivity contribution in [2.75, 3.05) is 20.8 Å². The van der Waals surface area contributed by atoms with Gasteiger partial charge in [-0.15, -0.1) is 0 Å². The van der Waals surface area contributed by atoms with E-state index in [1.165, 1.54) is 7.11 Å². The fourth-order valence-electron chi connectivity index (χ4n) is 2.69. The number of benzene rings is 2. The van der Waals surface area contributed by atoms with Gasteiger partial charge in [-0.25, -0.2) is 0 Å². The fourth-order valence-corrected chi connectivity index (χ4v) is 2.69. The molecular weight excluding hydrogens is 360 g/mol. The summed E-state index contributed by atoms with van der Waals surface area (Å²) in [6, 6.07) is 14.2. The van der Waals surface area contributed by atoms with Crippen molar-refractivity contribution in [2.24, 2.45) is 5.10 Å². The highest BCUT2D eigenvalue weighted by Gasteiger charge is 2.32. The number of amides is 2. The summed E-state index contributed by atoms with van der Waals surface area (Å²) in [6.07, 6.45) is 1.66. The quantitative estimate of drug-likeness (QED) is 0.720.